The van der Waals surface area contributed by atoms with Crippen molar-refractivity contribution >= 4 is 33.2 Å². The molecular weight excluding hydrogens is 400 g/mol. The number of nitrogens with one attached hydrogen (secondary N) is 2. The zero-order chi connectivity index (χ0) is 20.9. The molecule has 0 heterocycles. The molecule has 28 heavy (non-hydrogen) atoms. The molecule has 0 aliphatic rings. The molecule has 0 aromatic heterocycles. The lowest BCUT2D eigenvalue weighted by molar-refractivity contribution is -0.127. The van der Waals surface area contributed by atoms with Crippen molar-refractivity contribution in [3.8, 4) is 5.75 Å². The Morgan fingerprint density at radius 3 is 2.32 bits per heavy atom. The minimum Gasteiger partial charge on any atom is -0.481 e. The van der Waals surface area contributed by atoms with Gasteiger partial charge in [0.1, 0.15) is 5.75 Å². The summed E-state index contributed by atoms with van der Waals surface area (Å²) in [5.41, 5.74) is 1.24. The zero-order valence-electron chi connectivity index (χ0n) is 16.3. The van der Waals surface area contributed by atoms with Gasteiger partial charge in [-0.05, 0) is 61.7 Å². The number of rotatable bonds is 8. The zero-order valence-corrected chi connectivity index (χ0v) is 17.9. The van der Waals surface area contributed by atoms with E-state index in [-0.39, 0.29) is 10.8 Å². The van der Waals surface area contributed by atoms with Crippen LogP contribution in [0.2, 0.25) is 5.02 Å². The average molecular weight is 425 g/mol. The van der Waals surface area contributed by atoms with Crippen molar-refractivity contribution in [3.05, 3.63) is 53.1 Å². The number of hydrogen-bond donors (Lipinski definition) is 2. The van der Waals surface area contributed by atoms with Crippen molar-refractivity contribution in [3.63, 3.8) is 0 Å². The maximum absolute atomic E-state index is 12.5. The predicted molar refractivity (Wildman–Crippen MR) is 111 cm³/mol. The second kappa shape index (κ2) is 9.30. The molecule has 2 rings (SSSR count). The highest BCUT2D eigenvalue weighted by Gasteiger charge is 2.17. The second-order valence-corrected chi connectivity index (χ2v) is 9.03. The first kappa shape index (κ1) is 22.0. The third kappa shape index (κ3) is 6.14. The fraction of sp³-hybridized carbons (Fsp3) is 0.350. The van der Waals surface area contributed by atoms with Gasteiger partial charge in [0.15, 0.2) is 6.10 Å². The minimum absolute atomic E-state index is 0.0773. The molecule has 2 N–H and O–H groups in total. The number of hydrogen-bond acceptors (Lipinski definition) is 4. The van der Waals surface area contributed by atoms with E-state index in [2.05, 4.69) is 10.0 Å². The summed E-state index contributed by atoms with van der Waals surface area (Å²) in [7, 11) is -3.77. The van der Waals surface area contributed by atoms with Crippen LogP contribution in [0.25, 0.3) is 0 Å². The lowest BCUT2D eigenvalue weighted by atomic mass is 10.2. The van der Waals surface area contributed by atoms with Crippen molar-refractivity contribution in [1.29, 1.82) is 0 Å². The van der Waals surface area contributed by atoms with Crippen LogP contribution in [-0.4, -0.2) is 27.0 Å². The van der Waals surface area contributed by atoms with Crippen LogP contribution in [-0.2, 0) is 14.8 Å². The maximum atomic E-state index is 12.5. The first-order chi connectivity index (χ1) is 13.1. The Labute approximate surface area is 171 Å². The Bertz CT molecular complexity index is 928. The third-order valence-corrected chi connectivity index (χ3v) is 5.73. The molecule has 1 amide bonds. The number of amides is 1. The third-order valence-electron chi connectivity index (χ3n) is 3.92. The highest BCUT2D eigenvalue weighted by molar-refractivity contribution is 7.92. The number of anilines is 1. The van der Waals surface area contributed by atoms with Crippen molar-refractivity contribution in [2.45, 2.75) is 38.7 Å². The monoisotopic (exact) mass is 424 g/mol. The molecule has 0 fully saturated rings. The van der Waals surface area contributed by atoms with E-state index in [1.54, 1.807) is 25.1 Å². The average Bonchev–Trinajstić information content (AvgIpc) is 2.63. The fourth-order valence-electron chi connectivity index (χ4n) is 2.27. The molecule has 1 atom stereocenters. The summed E-state index contributed by atoms with van der Waals surface area (Å²) in [5, 5.41) is 3.27. The quantitative estimate of drug-likeness (QED) is 0.671. The molecule has 0 unspecified atom stereocenters. The number of ether oxygens (including phenoxy) is 1. The number of halogens is 1. The van der Waals surface area contributed by atoms with E-state index < -0.39 is 16.1 Å². The molecule has 0 aliphatic carbocycles. The van der Waals surface area contributed by atoms with E-state index in [4.69, 9.17) is 16.3 Å². The van der Waals surface area contributed by atoms with Crippen LogP contribution < -0.4 is 14.8 Å². The molecule has 0 saturated carbocycles. The number of carbonyl (C=O) groups excluding carboxylic acids is 1. The molecule has 2 aromatic rings. The first-order valence-corrected chi connectivity index (χ1v) is 10.8. The Morgan fingerprint density at radius 1 is 1.11 bits per heavy atom. The lowest BCUT2D eigenvalue weighted by Crippen LogP contribution is -2.38. The molecule has 0 saturated heterocycles. The van der Waals surface area contributed by atoms with Crippen molar-refractivity contribution < 1.29 is 17.9 Å². The van der Waals surface area contributed by atoms with Crippen LogP contribution >= 0.6 is 11.6 Å². The van der Waals surface area contributed by atoms with Crippen molar-refractivity contribution in [2.24, 2.45) is 5.92 Å². The van der Waals surface area contributed by atoms with E-state index in [0.717, 1.165) is 5.56 Å². The van der Waals surface area contributed by atoms with E-state index in [1.165, 1.54) is 24.3 Å². The molecule has 6 nitrogen and oxygen atoms in total. The SMILES string of the molecule is Cc1ccc(NS(=O)(=O)c2ccc(O[C@@H](C)C(=O)NCC(C)C)cc2)cc1Cl. The molecular formula is C20H25ClN2O4S. The van der Waals surface area contributed by atoms with Crippen LogP contribution in [0.4, 0.5) is 5.69 Å². The summed E-state index contributed by atoms with van der Waals surface area (Å²) in [6.45, 7) is 8.05. The number of carbonyl (C=O) groups is 1. The van der Waals surface area contributed by atoms with Crippen molar-refractivity contribution in [2.75, 3.05) is 11.3 Å². The summed E-state index contributed by atoms with van der Waals surface area (Å²) in [4.78, 5) is 12.1. The molecule has 0 radical (unpaired) electrons. The molecule has 8 heteroatoms. The lowest BCUT2D eigenvalue weighted by Gasteiger charge is -2.16. The topological polar surface area (TPSA) is 84.5 Å². The summed E-state index contributed by atoms with van der Waals surface area (Å²) >= 11 is 6.04. The molecule has 152 valence electrons. The van der Waals surface area contributed by atoms with Gasteiger partial charge in [-0.15, -0.1) is 0 Å². The van der Waals surface area contributed by atoms with Gasteiger partial charge in [-0.3, -0.25) is 9.52 Å². The Balaban J connectivity index is 2.04. The summed E-state index contributed by atoms with van der Waals surface area (Å²) in [5.74, 6) is 0.532. The standard InChI is InChI=1S/C20H25ClN2O4S/c1-13(2)12-22-20(24)15(4)27-17-7-9-18(10-8-17)28(25,26)23-16-6-5-14(3)19(21)11-16/h5-11,13,15,23H,12H2,1-4H3,(H,22,24)/t15-/m0/s1. The van der Waals surface area contributed by atoms with Gasteiger partial charge in [0, 0.05) is 11.6 Å². The van der Waals surface area contributed by atoms with Crippen LogP contribution in [0, 0.1) is 12.8 Å². The van der Waals surface area contributed by atoms with E-state index in [9.17, 15) is 13.2 Å². The van der Waals surface area contributed by atoms with Crippen LogP contribution in [0.3, 0.4) is 0 Å². The number of aryl methyl sites for hydroxylation is 1. The molecule has 0 spiro atoms. The van der Waals surface area contributed by atoms with E-state index in [1.807, 2.05) is 20.8 Å². The molecule has 0 aliphatic heterocycles. The summed E-state index contributed by atoms with van der Waals surface area (Å²) in [6, 6.07) is 10.8. The largest absolute Gasteiger partial charge is 0.481 e. The van der Waals surface area contributed by atoms with E-state index in [0.29, 0.717) is 28.9 Å². The van der Waals surface area contributed by atoms with Gasteiger partial charge >= 0.3 is 0 Å². The van der Waals surface area contributed by atoms with Crippen LogP contribution in [0.15, 0.2) is 47.4 Å². The van der Waals surface area contributed by atoms with Crippen LogP contribution in [0.5, 0.6) is 5.75 Å². The highest BCUT2D eigenvalue weighted by atomic mass is 35.5. The highest BCUT2D eigenvalue weighted by Crippen LogP contribution is 2.23. The Morgan fingerprint density at radius 2 is 1.75 bits per heavy atom. The maximum Gasteiger partial charge on any atom is 0.261 e. The van der Waals surface area contributed by atoms with Gasteiger partial charge in [-0.2, -0.15) is 0 Å². The fourth-order valence-corrected chi connectivity index (χ4v) is 3.50. The number of sulfonamides is 1. The minimum atomic E-state index is -3.77. The summed E-state index contributed by atoms with van der Waals surface area (Å²) < 4.78 is 33.1. The second-order valence-electron chi connectivity index (χ2n) is 6.94. The number of benzene rings is 2. The Hall–Kier alpha value is -2.25. The smallest absolute Gasteiger partial charge is 0.261 e. The predicted octanol–water partition coefficient (Wildman–Crippen LogP) is 3.99. The van der Waals surface area contributed by atoms with Gasteiger partial charge in [-0.25, -0.2) is 8.42 Å². The van der Waals surface area contributed by atoms with Gasteiger partial charge < -0.3 is 10.1 Å². The first-order valence-electron chi connectivity index (χ1n) is 8.92. The molecule has 0 bridgehead atoms. The molecule has 2 aromatic carbocycles. The summed E-state index contributed by atoms with van der Waals surface area (Å²) in [6.07, 6.45) is -0.686. The van der Waals surface area contributed by atoms with Gasteiger partial charge in [0.25, 0.3) is 15.9 Å². The van der Waals surface area contributed by atoms with Crippen LogP contribution in [0.1, 0.15) is 26.3 Å². The Kier molecular flexibility index (Phi) is 7.32. The van der Waals surface area contributed by atoms with E-state index >= 15 is 0 Å². The van der Waals surface area contributed by atoms with Crippen molar-refractivity contribution in [1.82, 2.24) is 5.32 Å². The van der Waals surface area contributed by atoms with Gasteiger partial charge in [0.05, 0.1) is 10.6 Å². The normalized spacial score (nSPS) is 12.5. The van der Waals surface area contributed by atoms with Gasteiger partial charge in [-0.1, -0.05) is 31.5 Å². The van der Waals surface area contributed by atoms with Gasteiger partial charge in [0.2, 0.25) is 0 Å².